The first kappa shape index (κ1) is 15.3. The van der Waals surface area contributed by atoms with Gasteiger partial charge in [0.1, 0.15) is 4.90 Å². The van der Waals surface area contributed by atoms with Gasteiger partial charge in [-0.25, -0.2) is 13.1 Å². The average Bonchev–Trinajstić information content (AvgIpc) is 2.42. The Morgan fingerprint density at radius 3 is 2.60 bits per heavy atom. The van der Waals surface area contributed by atoms with E-state index in [9.17, 15) is 8.42 Å². The van der Waals surface area contributed by atoms with Gasteiger partial charge in [-0.05, 0) is 37.3 Å². The molecule has 0 radical (unpaired) electrons. The number of rotatable bonds is 4. The first-order valence-electron chi connectivity index (χ1n) is 5.78. The number of nitrogens with zero attached hydrogens (tertiary/aromatic N) is 1. The first-order chi connectivity index (χ1) is 9.40. The monoisotopic (exact) mass is 330 g/mol. The summed E-state index contributed by atoms with van der Waals surface area (Å²) in [6, 6.07) is 9.12. The van der Waals surface area contributed by atoms with Crippen LogP contribution in [-0.2, 0) is 10.0 Å². The highest BCUT2D eigenvalue weighted by atomic mass is 35.5. The molecule has 20 heavy (non-hydrogen) atoms. The second-order valence-electron chi connectivity index (χ2n) is 4.17. The van der Waals surface area contributed by atoms with Crippen LogP contribution in [0, 0.1) is 0 Å². The van der Waals surface area contributed by atoms with Gasteiger partial charge in [-0.15, -0.1) is 0 Å². The van der Waals surface area contributed by atoms with E-state index in [1.54, 1.807) is 31.3 Å². The van der Waals surface area contributed by atoms with Crippen LogP contribution in [0.15, 0.2) is 47.5 Å². The maximum Gasteiger partial charge on any atom is 0.242 e. The van der Waals surface area contributed by atoms with E-state index in [0.29, 0.717) is 10.7 Å². The zero-order chi connectivity index (χ0) is 14.8. The molecule has 4 nitrogen and oxygen atoms in total. The summed E-state index contributed by atoms with van der Waals surface area (Å²) in [6.45, 7) is 1.71. The zero-order valence-corrected chi connectivity index (χ0v) is 12.9. The van der Waals surface area contributed by atoms with Gasteiger partial charge in [0.2, 0.25) is 10.0 Å². The van der Waals surface area contributed by atoms with Crippen molar-refractivity contribution in [3.05, 3.63) is 58.3 Å². The molecule has 0 saturated carbocycles. The molecule has 0 fully saturated rings. The van der Waals surface area contributed by atoms with Crippen LogP contribution in [0.25, 0.3) is 0 Å². The molecule has 0 spiro atoms. The van der Waals surface area contributed by atoms with Gasteiger partial charge in [0.05, 0.1) is 16.8 Å². The average molecular weight is 331 g/mol. The molecule has 1 aromatic heterocycles. The minimum atomic E-state index is -3.77. The molecule has 0 aliphatic heterocycles. The fourth-order valence-corrected chi connectivity index (χ4v) is 3.65. The first-order valence-corrected chi connectivity index (χ1v) is 8.02. The predicted octanol–water partition coefficient (Wildman–Crippen LogP) is 3.43. The molecule has 1 aromatic carbocycles. The molecule has 2 aromatic rings. The molecule has 1 heterocycles. The Balaban J connectivity index is 2.30. The van der Waals surface area contributed by atoms with Crippen LogP contribution in [0.3, 0.4) is 0 Å². The smallest absolute Gasteiger partial charge is 0.242 e. The van der Waals surface area contributed by atoms with E-state index in [1.165, 1.54) is 18.2 Å². The quantitative estimate of drug-likeness (QED) is 0.934. The van der Waals surface area contributed by atoms with Crippen LogP contribution in [0.2, 0.25) is 10.0 Å². The summed E-state index contributed by atoms with van der Waals surface area (Å²) in [5, 5.41) is 0.426. The van der Waals surface area contributed by atoms with E-state index in [0.717, 1.165) is 0 Å². The third-order valence-electron chi connectivity index (χ3n) is 2.65. The number of hydrogen-bond donors (Lipinski definition) is 1. The normalized spacial score (nSPS) is 13.2. The van der Waals surface area contributed by atoms with Crippen LogP contribution in [0.5, 0.6) is 0 Å². The highest BCUT2D eigenvalue weighted by Gasteiger charge is 2.22. The van der Waals surface area contributed by atoms with Crippen LogP contribution in [-0.4, -0.2) is 13.4 Å². The van der Waals surface area contributed by atoms with E-state index >= 15 is 0 Å². The Bertz CT molecular complexity index is 706. The van der Waals surface area contributed by atoms with Crippen molar-refractivity contribution in [3.8, 4) is 0 Å². The summed E-state index contributed by atoms with van der Waals surface area (Å²) >= 11 is 11.7. The summed E-state index contributed by atoms with van der Waals surface area (Å²) in [6.07, 6.45) is 1.60. The maximum atomic E-state index is 12.3. The Hall–Kier alpha value is -1.14. The molecule has 0 aliphatic carbocycles. The third-order valence-corrected chi connectivity index (χ3v) is 4.90. The van der Waals surface area contributed by atoms with Crippen molar-refractivity contribution in [1.29, 1.82) is 0 Å². The molecule has 7 heteroatoms. The maximum absolute atomic E-state index is 12.3. The second kappa shape index (κ2) is 6.10. The highest BCUT2D eigenvalue weighted by molar-refractivity contribution is 7.89. The number of nitrogens with one attached hydrogen (secondary N) is 1. The Morgan fingerprint density at radius 1 is 1.20 bits per heavy atom. The molecule has 0 amide bonds. The van der Waals surface area contributed by atoms with Crippen LogP contribution < -0.4 is 4.72 Å². The molecular weight excluding hydrogens is 319 g/mol. The summed E-state index contributed by atoms with van der Waals surface area (Å²) in [4.78, 5) is 4.06. The second-order valence-corrected chi connectivity index (χ2v) is 6.70. The highest BCUT2D eigenvalue weighted by Crippen LogP contribution is 2.26. The fourth-order valence-electron chi connectivity index (χ4n) is 1.67. The van der Waals surface area contributed by atoms with E-state index in [2.05, 4.69) is 9.71 Å². The lowest BCUT2D eigenvalue weighted by Crippen LogP contribution is -2.27. The Labute approximate surface area is 127 Å². The zero-order valence-electron chi connectivity index (χ0n) is 10.5. The van der Waals surface area contributed by atoms with Gasteiger partial charge in [-0.1, -0.05) is 29.3 Å². The van der Waals surface area contributed by atoms with Gasteiger partial charge in [0.25, 0.3) is 0 Å². The van der Waals surface area contributed by atoms with Gasteiger partial charge in [0.15, 0.2) is 0 Å². The summed E-state index contributed by atoms with van der Waals surface area (Å²) < 4.78 is 27.1. The third kappa shape index (κ3) is 3.49. The largest absolute Gasteiger partial charge is 0.260 e. The van der Waals surface area contributed by atoms with E-state index in [4.69, 9.17) is 23.2 Å². The number of pyridine rings is 1. The van der Waals surface area contributed by atoms with Crippen molar-refractivity contribution in [2.45, 2.75) is 17.9 Å². The van der Waals surface area contributed by atoms with E-state index < -0.39 is 16.1 Å². The molecular formula is C13H12Cl2N2O2S. The number of hydrogen-bond acceptors (Lipinski definition) is 3. The van der Waals surface area contributed by atoms with Gasteiger partial charge in [0, 0.05) is 11.2 Å². The Kier molecular flexibility index (Phi) is 4.65. The molecule has 2 rings (SSSR count). The molecule has 106 valence electrons. The van der Waals surface area contributed by atoms with E-state index in [1.807, 2.05) is 0 Å². The van der Waals surface area contributed by atoms with E-state index in [-0.39, 0.29) is 9.92 Å². The topological polar surface area (TPSA) is 59.1 Å². The minimum Gasteiger partial charge on any atom is -0.260 e. The van der Waals surface area contributed by atoms with Gasteiger partial charge >= 0.3 is 0 Å². The summed E-state index contributed by atoms with van der Waals surface area (Å²) in [7, 11) is -3.77. The lowest BCUT2D eigenvalue weighted by atomic mass is 10.2. The lowest BCUT2D eigenvalue weighted by molar-refractivity contribution is 0.564. The number of benzene rings is 1. The van der Waals surface area contributed by atoms with Crippen LogP contribution in [0.4, 0.5) is 0 Å². The van der Waals surface area contributed by atoms with Crippen LogP contribution in [0.1, 0.15) is 18.7 Å². The van der Waals surface area contributed by atoms with Gasteiger partial charge in [-0.3, -0.25) is 4.98 Å². The van der Waals surface area contributed by atoms with Crippen molar-refractivity contribution in [3.63, 3.8) is 0 Å². The van der Waals surface area contributed by atoms with Crippen LogP contribution >= 0.6 is 23.2 Å². The number of aromatic nitrogens is 1. The summed E-state index contributed by atoms with van der Waals surface area (Å²) in [5.41, 5.74) is 0.620. The fraction of sp³-hybridized carbons (Fsp3) is 0.154. The molecule has 1 unspecified atom stereocenters. The number of halogens is 2. The van der Waals surface area contributed by atoms with Crippen molar-refractivity contribution >= 4 is 33.2 Å². The molecule has 1 atom stereocenters. The van der Waals surface area contributed by atoms with Crippen molar-refractivity contribution in [2.75, 3.05) is 0 Å². The van der Waals surface area contributed by atoms with Gasteiger partial charge < -0.3 is 0 Å². The minimum absolute atomic E-state index is 0.0468. The van der Waals surface area contributed by atoms with Gasteiger partial charge in [-0.2, -0.15) is 0 Å². The lowest BCUT2D eigenvalue weighted by Gasteiger charge is -2.14. The SMILES string of the molecule is CC(NS(=O)(=O)c1cc(Cl)ccc1Cl)c1ccccn1. The molecule has 0 saturated heterocycles. The van der Waals surface area contributed by atoms with Crippen molar-refractivity contribution in [1.82, 2.24) is 9.71 Å². The predicted molar refractivity (Wildman–Crippen MR) is 79.4 cm³/mol. The summed E-state index contributed by atoms with van der Waals surface area (Å²) in [5.74, 6) is 0. The van der Waals surface area contributed by atoms with Crippen molar-refractivity contribution < 1.29 is 8.42 Å². The molecule has 0 aliphatic rings. The number of sulfonamides is 1. The Morgan fingerprint density at radius 2 is 1.95 bits per heavy atom. The molecule has 0 bridgehead atoms. The van der Waals surface area contributed by atoms with Crippen molar-refractivity contribution in [2.24, 2.45) is 0 Å². The molecule has 1 N–H and O–H groups in total. The standard InChI is InChI=1S/C13H12Cl2N2O2S/c1-9(12-4-2-3-7-16-12)17-20(18,19)13-8-10(14)5-6-11(13)15/h2-9,17H,1H3.